The van der Waals surface area contributed by atoms with Crippen molar-refractivity contribution in [3.63, 3.8) is 0 Å². The number of aryl methyl sites for hydroxylation is 1. The highest BCUT2D eigenvalue weighted by Crippen LogP contribution is 2.18. The van der Waals surface area contributed by atoms with Crippen molar-refractivity contribution in [3.05, 3.63) is 29.6 Å². The van der Waals surface area contributed by atoms with Gasteiger partial charge in [0.1, 0.15) is 0 Å². The standard InChI is InChI=1S/C13H19FOS/c1-11-6-7-12(14)13(10-11)15-8-4-2-3-5-9-16/h6-7,10,16H,2-5,8-9H2,1H3. The summed E-state index contributed by atoms with van der Waals surface area (Å²) in [6.07, 6.45) is 4.40. The van der Waals surface area contributed by atoms with E-state index in [1.807, 2.05) is 6.92 Å². The van der Waals surface area contributed by atoms with Gasteiger partial charge in [0.2, 0.25) is 0 Å². The Bertz CT molecular complexity index is 315. The van der Waals surface area contributed by atoms with Crippen LogP contribution < -0.4 is 4.74 Å². The van der Waals surface area contributed by atoms with Crippen LogP contribution in [0, 0.1) is 12.7 Å². The molecule has 0 saturated carbocycles. The molecule has 0 spiro atoms. The smallest absolute Gasteiger partial charge is 0.165 e. The summed E-state index contributed by atoms with van der Waals surface area (Å²) < 4.78 is 18.7. The van der Waals surface area contributed by atoms with Crippen molar-refractivity contribution in [1.82, 2.24) is 0 Å². The van der Waals surface area contributed by atoms with Crippen LogP contribution in [0.15, 0.2) is 18.2 Å². The van der Waals surface area contributed by atoms with E-state index >= 15 is 0 Å². The average molecular weight is 242 g/mol. The summed E-state index contributed by atoms with van der Waals surface area (Å²) in [5.74, 6) is 1.03. The molecule has 0 atom stereocenters. The Morgan fingerprint density at radius 2 is 1.94 bits per heavy atom. The van der Waals surface area contributed by atoms with Crippen molar-refractivity contribution in [1.29, 1.82) is 0 Å². The Kier molecular flexibility index (Phi) is 6.31. The van der Waals surface area contributed by atoms with E-state index in [1.54, 1.807) is 12.1 Å². The molecule has 0 aliphatic carbocycles. The molecule has 0 saturated heterocycles. The Hall–Kier alpha value is -0.700. The van der Waals surface area contributed by atoms with E-state index in [9.17, 15) is 4.39 Å². The second kappa shape index (κ2) is 7.55. The summed E-state index contributed by atoms with van der Waals surface area (Å²) in [7, 11) is 0. The number of hydrogen-bond acceptors (Lipinski definition) is 2. The second-order valence-corrected chi connectivity index (χ2v) is 4.37. The van der Waals surface area contributed by atoms with Gasteiger partial charge < -0.3 is 4.74 Å². The van der Waals surface area contributed by atoms with Gasteiger partial charge in [-0.2, -0.15) is 12.6 Å². The minimum absolute atomic E-state index is 0.277. The fourth-order valence-electron chi connectivity index (χ4n) is 1.47. The number of rotatable bonds is 7. The van der Waals surface area contributed by atoms with Crippen LogP contribution in [0.4, 0.5) is 4.39 Å². The summed E-state index contributed by atoms with van der Waals surface area (Å²) in [5.41, 5.74) is 1.02. The maximum absolute atomic E-state index is 13.3. The van der Waals surface area contributed by atoms with Crippen LogP contribution in [0.1, 0.15) is 31.2 Å². The highest BCUT2D eigenvalue weighted by molar-refractivity contribution is 7.80. The normalized spacial score (nSPS) is 10.4. The first kappa shape index (κ1) is 13.4. The highest BCUT2D eigenvalue weighted by atomic mass is 32.1. The van der Waals surface area contributed by atoms with Gasteiger partial charge in [0.05, 0.1) is 6.61 Å². The molecule has 0 aromatic heterocycles. The minimum atomic E-state index is -0.277. The van der Waals surface area contributed by atoms with E-state index in [0.717, 1.165) is 30.6 Å². The van der Waals surface area contributed by atoms with Crippen molar-refractivity contribution in [2.45, 2.75) is 32.6 Å². The van der Waals surface area contributed by atoms with Crippen LogP contribution in [0.3, 0.4) is 0 Å². The second-order valence-electron chi connectivity index (χ2n) is 3.92. The Morgan fingerprint density at radius 1 is 1.19 bits per heavy atom. The zero-order valence-electron chi connectivity index (χ0n) is 9.71. The van der Waals surface area contributed by atoms with Crippen LogP contribution in [-0.4, -0.2) is 12.4 Å². The predicted molar refractivity (Wildman–Crippen MR) is 69.0 cm³/mol. The molecule has 0 radical (unpaired) electrons. The third-order valence-corrected chi connectivity index (χ3v) is 2.71. The van der Waals surface area contributed by atoms with E-state index < -0.39 is 0 Å². The number of ether oxygens (including phenoxy) is 1. The largest absolute Gasteiger partial charge is 0.491 e. The first-order chi connectivity index (χ1) is 7.74. The summed E-state index contributed by atoms with van der Waals surface area (Å²) in [6, 6.07) is 4.93. The van der Waals surface area contributed by atoms with Gasteiger partial charge in [-0.25, -0.2) is 4.39 Å². The molecule has 1 aromatic carbocycles. The topological polar surface area (TPSA) is 9.23 Å². The third kappa shape index (κ3) is 4.88. The van der Waals surface area contributed by atoms with Gasteiger partial charge in [0.25, 0.3) is 0 Å². The van der Waals surface area contributed by atoms with Crippen molar-refractivity contribution >= 4 is 12.6 Å². The highest BCUT2D eigenvalue weighted by Gasteiger charge is 2.02. The predicted octanol–water partition coefficient (Wildman–Crippen LogP) is 4.00. The van der Waals surface area contributed by atoms with E-state index in [2.05, 4.69) is 12.6 Å². The Labute approximate surface area is 102 Å². The van der Waals surface area contributed by atoms with Gasteiger partial charge in [-0.1, -0.05) is 18.9 Å². The average Bonchev–Trinajstić information content (AvgIpc) is 2.28. The van der Waals surface area contributed by atoms with Crippen molar-refractivity contribution in [3.8, 4) is 5.75 Å². The van der Waals surface area contributed by atoms with Gasteiger partial charge in [0, 0.05) is 0 Å². The maximum atomic E-state index is 13.3. The van der Waals surface area contributed by atoms with Crippen LogP contribution in [0.2, 0.25) is 0 Å². The molecule has 3 heteroatoms. The monoisotopic (exact) mass is 242 g/mol. The van der Waals surface area contributed by atoms with E-state index in [1.165, 1.54) is 12.5 Å². The number of hydrogen-bond donors (Lipinski definition) is 1. The molecule has 0 bridgehead atoms. The summed E-state index contributed by atoms with van der Waals surface area (Å²) in [6.45, 7) is 2.52. The lowest BCUT2D eigenvalue weighted by molar-refractivity contribution is 0.290. The van der Waals surface area contributed by atoms with Crippen LogP contribution in [0.25, 0.3) is 0 Å². The molecule has 1 aromatic rings. The lowest BCUT2D eigenvalue weighted by Gasteiger charge is -2.07. The SMILES string of the molecule is Cc1ccc(F)c(OCCCCCCS)c1. The Balaban J connectivity index is 2.23. The van der Waals surface area contributed by atoms with Crippen LogP contribution in [-0.2, 0) is 0 Å². The fourth-order valence-corrected chi connectivity index (χ4v) is 1.69. The molecule has 1 nitrogen and oxygen atoms in total. The van der Waals surface area contributed by atoms with E-state index in [0.29, 0.717) is 12.4 Å². The van der Waals surface area contributed by atoms with E-state index in [4.69, 9.17) is 4.74 Å². The Morgan fingerprint density at radius 3 is 2.69 bits per heavy atom. The minimum Gasteiger partial charge on any atom is -0.491 e. The molecule has 0 aliphatic rings. The fraction of sp³-hybridized carbons (Fsp3) is 0.538. The molecule has 0 aliphatic heterocycles. The summed E-state index contributed by atoms with van der Waals surface area (Å²) in [4.78, 5) is 0. The molecule has 16 heavy (non-hydrogen) atoms. The molecule has 90 valence electrons. The molecule has 0 fully saturated rings. The third-order valence-electron chi connectivity index (χ3n) is 2.40. The van der Waals surface area contributed by atoms with Gasteiger partial charge in [-0.3, -0.25) is 0 Å². The molecule has 0 unspecified atom stereocenters. The zero-order valence-corrected chi connectivity index (χ0v) is 10.6. The lowest BCUT2D eigenvalue weighted by atomic mass is 10.2. The number of thiol groups is 1. The summed E-state index contributed by atoms with van der Waals surface area (Å²) >= 11 is 4.15. The van der Waals surface area contributed by atoms with Gasteiger partial charge >= 0.3 is 0 Å². The first-order valence-corrected chi connectivity index (χ1v) is 6.37. The molecule has 0 amide bonds. The van der Waals surface area contributed by atoms with Crippen molar-refractivity contribution < 1.29 is 9.13 Å². The number of halogens is 1. The van der Waals surface area contributed by atoms with Crippen molar-refractivity contribution in [2.24, 2.45) is 0 Å². The molecule has 0 heterocycles. The lowest BCUT2D eigenvalue weighted by Crippen LogP contribution is -1.99. The summed E-state index contributed by atoms with van der Waals surface area (Å²) in [5, 5.41) is 0. The molecule has 1 rings (SSSR count). The molecule has 0 N–H and O–H groups in total. The molecular weight excluding hydrogens is 223 g/mol. The van der Waals surface area contributed by atoms with Gasteiger partial charge in [0.15, 0.2) is 11.6 Å². The first-order valence-electron chi connectivity index (χ1n) is 5.74. The quantitative estimate of drug-likeness (QED) is 0.561. The van der Waals surface area contributed by atoms with Crippen LogP contribution in [0.5, 0.6) is 5.75 Å². The van der Waals surface area contributed by atoms with Gasteiger partial charge in [-0.15, -0.1) is 0 Å². The zero-order chi connectivity index (χ0) is 11.8. The van der Waals surface area contributed by atoms with Gasteiger partial charge in [-0.05, 0) is 43.2 Å². The maximum Gasteiger partial charge on any atom is 0.165 e. The molecular formula is C13H19FOS. The van der Waals surface area contributed by atoms with Crippen molar-refractivity contribution in [2.75, 3.05) is 12.4 Å². The number of unbranched alkanes of at least 4 members (excludes halogenated alkanes) is 3. The van der Waals surface area contributed by atoms with Crippen LogP contribution >= 0.6 is 12.6 Å². The van der Waals surface area contributed by atoms with E-state index in [-0.39, 0.29) is 5.82 Å². The number of benzene rings is 1.